The molecule has 0 aromatic heterocycles. The molecule has 0 aliphatic rings. The number of halogens is 3. The van der Waals surface area contributed by atoms with Crippen molar-refractivity contribution >= 4 is 33.8 Å². The van der Waals surface area contributed by atoms with Gasteiger partial charge in [0.25, 0.3) is 0 Å². The summed E-state index contributed by atoms with van der Waals surface area (Å²) in [4.78, 5) is 11.0. The molecule has 2 aromatic carbocycles. The van der Waals surface area contributed by atoms with Crippen LogP contribution in [0.25, 0.3) is 0 Å². The highest BCUT2D eigenvalue weighted by atomic mass is 79.9. The Kier molecular flexibility index (Phi) is 4.56. The van der Waals surface area contributed by atoms with E-state index in [1.54, 1.807) is 24.3 Å². The van der Waals surface area contributed by atoms with Gasteiger partial charge in [-0.05, 0) is 34.1 Å². The van der Waals surface area contributed by atoms with Crippen LogP contribution >= 0.6 is 27.5 Å². The van der Waals surface area contributed by atoms with Crippen molar-refractivity contribution in [2.75, 3.05) is 0 Å². The molecule has 0 atom stereocenters. The summed E-state index contributed by atoms with van der Waals surface area (Å²) in [7, 11) is 0. The van der Waals surface area contributed by atoms with Gasteiger partial charge in [0.2, 0.25) is 0 Å². The van der Waals surface area contributed by atoms with Crippen LogP contribution < -0.4 is 4.74 Å². The van der Waals surface area contributed by atoms with E-state index in [-0.39, 0.29) is 12.4 Å². The largest absolute Gasteiger partial charge is 0.487 e. The summed E-state index contributed by atoms with van der Waals surface area (Å²) in [6, 6.07) is 9.42. The number of aldehydes is 1. The molecular formula is C14H9BrClFO2. The molecule has 98 valence electrons. The minimum absolute atomic E-state index is 0.0355. The fraction of sp³-hybridized carbons (Fsp3) is 0.0714. The lowest BCUT2D eigenvalue weighted by molar-refractivity contribution is 0.111. The van der Waals surface area contributed by atoms with Gasteiger partial charge in [-0.25, -0.2) is 4.39 Å². The van der Waals surface area contributed by atoms with Gasteiger partial charge in [-0.3, -0.25) is 4.79 Å². The number of benzene rings is 2. The van der Waals surface area contributed by atoms with E-state index < -0.39 is 0 Å². The molecule has 0 heterocycles. The van der Waals surface area contributed by atoms with Gasteiger partial charge in [-0.1, -0.05) is 29.8 Å². The fourth-order valence-electron chi connectivity index (χ4n) is 1.59. The third-order valence-corrected chi connectivity index (χ3v) is 3.30. The van der Waals surface area contributed by atoms with E-state index in [1.807, 2.05) is 0 Å². The van der Waals surface area contributed by atoms with Crippen molar-refractivity contribution in [3.63, 3.8) is 0 Å². The Hall–Kier alpha value is -1.39. The normalized spacial score (nSPS) is 10.3. The lowest BCUT2D eigenvalue weighted by Gasteiger charge is -2.11. The second kappa shape index (κ2) is 6.17. The van der Waals surface area contributed by atoms with E-state index in [2.05, 4.69) is 15.9 Å². The summed E-state index contributed by atoms with van der Waals surface area (Å²) >= 11 is 9.11. The monoisotopic (exact) mass is 342 g/mol. The first-order valence-corrected chi connectivity index (χ1v) is 6.59. The van der Waals surface area contributed by atoms with Gasteiger partial charge in [0, 0.05) is 10.6 Å². The zero-order valence-corrected chi connectivity index (χ0v) is 12.0. The SMILES string of the molecule is O=Cc1cc(Cl)cc(Br)c1OCc1ccccc1F. The molecule has 19 heavy (non-hydrogen) atoms. The molecule has 0 radical (unpaired) electrons. The summed E-state index contributed by atoms with van der Waals surface area (Å²) in [5, 5.41) is 0.423. The molecule has 0 aliphatic carbocycles. The lowest BCUT2D eigenvalue weighted by Crippen LogP contribution is -2.01. The molecule has 2 rings (SSSR count). The van der Waals surface area contributed by atoms with Gasteiger partial charge in [-0.15, -0.1) is 0 Å². The smallest absolute Gasteiger partial charge is 0.153 e. The van der Waals surface area contributed by atoms with Crippen molar-refractivity contribution in [1.82, 2.24) is 0 Å². The molecule has 0 amide bonds. The lowest BCUT2D eigenvalue weighted by atomic mass is 10.2. The summed E-state index contributed by atoms with van der Waals surface area (Å²) in [6.45, 7) is 0.0355. The maximum absolute atomic E-state index is 13.5. The van der Waals surface area contributed by atoms with E-state index in [9.17, 15) is 9.18 Å². The molecule has 2 aromatic rings. The molecule has 0 aliphatic heterocycles. The number of ether oxygens (including phenoxy) is 1. The van der Waals surface area contributed by atoms with Crippen LogP contribution in [0.2, 0.25) is 5.02 Å². The minimum atomic E-state index is -0.347. The summed E-state index contributed by atoms with van der Waals surface area (Å²) < 4.78 is 19.5. The minimum Gasteiger partial charge on any atom is -0.487 e. The summed E-state index contributed by atoms with van der Waals surface area (Å²) in [5.41, 5.74) is 0.733. The van der Waals surface area contributed by atoms with Crippen LogP contribution in [0.15, 0.2) is 40.9 Å². The molecule has 0 spiro atoms. The zero-order chi connectivity index (χ0) is 13.8. The van der Waals surface area contributed by atoms with E-state index in [4.69, 9.17) is 16.3 Å². The highest BCUT2D eigenvalue weighted by Gasteiger charge is 2.11. The Morgan fingerprint density at radius 3 is 2.74 bits per heavy atom. The van der Waals surface area contributed by atoms with Gasteiger partial charge >= 0.3 is 0 Å². The quantitative estimate of drug-likeness (QED) is 0.756. The molecular weight excluding hydrogens is 335 g/mol. The van der Waals surface area contributed by atoms with Gasteiger partial charge < -0.3 is 4.74 Å². The predicted octanol–water partition coefficient (Wildman–Crippen LogP) is 4.63. The second-order valence-corrected chi connectivity index (χ2v) is 5.09. The molecule has 0 fully saturated rings. The van der Waals surface area contributed by atoms with Crippen LogP contribution in [-0.4, -0.2) is 6.29 Å². The number of hydrogen-bond donors (Lipinski definition) is 0. The highest BCUT2D eigenvalue weighted by Crippen LogP contribution is 2.32. The Balaban J connectivity index is 2.25. The third-order valence-electron chi connectivity index (χ3n) is 2.49. The van der Waals surface area contributed by atoms with Gasteiger partial charge in [0.05, 0.1) is 10.0 Å². The second-order valence-electron chi connectivity index (χ2n) is 3.80. The predicted molar refractivity (Wildman–Crippen MR) is 75.3 cm³/mol. The number of rotatable bonds is 4. The molecule has 0 N–H and O–H groups in total. The molecule has 2 nitrogen and oxygen atoms in total. The number of hydrogen-bond acceptors (Lipinski definition) is 2. The molecule has 0 bridgehead atoms. The van der Waals surface area contributed by atoms with Crippen molar-refractivity contribution in [1.29, 1.82) is 0 Å². The maximum atomic E-state index is 13.5. The van der Waals surface area contributed by atoms with Crippen LogP contribution in [0.5, 0.6) is 5.75 Å². The zero-order valence-electron chi connectivity index (χ0n) is 9.70. The Bertz CT molecular complexity index is 616. The first kappa shape index (κ1) is 14.0. The van der Waals surface area contributed by atoms with Crippen molar-refractivity contribution in [3.8, 4) is 5.75 Å². The van der Waals surface area contributed by atoms with Gasteiger partial charge in [0.15, 0.2) is 6.29 Å². The Morgan fingerprint density at radius 2 is 2.05 bits per heavy atom. The first-order chi connectivity index (χ1) is 9.11. The van der Waals surface area contributed by atoms with Crippen LogP contribution in [0.1, 0.15) is 15.9 Å². The highest BCUT2D eigenvalue weighted by molar-refractivity contribution is 9.10. The van der Waals surface area contributed by atoms with Crippen molar-refractivity contribution in [2.45, 2.75) is 6.61 Å². The van der Waals surface area contributed by atoms with Gasteiger partial charge in [-0.2, -0.15) is 0 Å². The maximum Gasteiger partial charge on any atom is 0.153 e. The molecule has 0 unspecified atom stereocenters. The molecule has 0 saturated heterocycles. The Labute approximate surface area is 123 Å². The summed E-state index contributed by atoms with van der Waals surface area (Å²) in [6.07, 6.45) is 0.646. The topological polar surface area (TPSA) is 26.3 Å². The van der Waals surface area contributed by atoms with Crippen LogP contribution in [0.4, 0.5) is 4.39 Å². The summed E-state index contributed by atoms with van der Waals surface area (Å²) in [5.74, 6) is 0.00268. The van der Waals surface area contributed by atoms with E-state index in [1.165, 1.54) is 12.1 Å². The van der Waals surface area contributed by atoms with Crippen molar-refractivity contribution in [2.24, 2.45) is 0 Å². The van der Waals surface area contributed by atoms with Crippen LogP contribution in [0.3, 0.4) is 0 Å². The third kappa shape index (κ3) is 3.33. The fourth-order valence-corrected chi connectivity index (χ4v) is 2.53. The average molecular weight is 344 g/mol. The van der Waals surface area contributed by atoms with E-state index in [0.29, 0.717) is 32.7 Å². The van der Waals surface area contributed by atoms with Crippen LogP contribution in [-0.2, 0) is 6.61 Å². The standard InChI is InChI=1S/C14H9BrClFO2/c15-12-6-11(16)5-10(7-18)14(12)19-8-9-3-1-2-4-13(9)17/h1-7H,8H2. The Morgan fingerprint density at radius 1 is 1.32 bits per heavy atom. The van der Waals surface area contributed by atoms with Crippen LogP contribution in [0, 0.1) is 5.82 Å². The first-order valence-electron chi connectivity index (χ1n) is 5.42. The van der Waals surface area contributed by atoms with E-state index >= 15 is 0 Å². The average Bonchev–Trinajstić information content (AvgIpc) is 2.38. The number of carbonyl (C=O) groups excluding carboxylic acids is 1. The van der Waals surface area contributed by atoms with Crippen molar-refractivity contribution in [3.05, 3.63) is 62.8 Å². The van der Waals surface area contributed by atoms with Crippen molar-refractivity contribution < 1.29 is 13.9 Å². The molecule has 5 heteroatoms. The molecule has 0 saturated carbocycles. The van der Waals surface area contributed by atoms with Gasteiger partial charge in [0.1, 0.15) is 18.2 Å². The number of carbonyl (C=O) groups is 1. The van der Waals surface area contributed by atoms with E-state index in [0.717, 1.165) is 0 Å².